The Morgan fingerprint density at radius 3 is 2.71 bits per heavy atom. The lowest BCUT2D eigenvalue weighted by Crippen LogP contribution is -2.04. The Bertz CT molecular complexity index is 423. The Morgan fingerprint density at radius 1 is 1.53 bits per heavy atom. The Kier molecular flexibility index (Phi) is 5.40. The number of halogens is 2. The lowest BCUT2D eigenvalue weighted by Gasteiger charge is -2.11. The molecule has 1 unspecified atom stereocenters. The summed E-state index contributed by atoms with van der Waals surface area (Å²) in [5.74, 6) is 0. The van der Waals surface area contributed by atoms with Crippen LogP contribution in [0.2, 0.25) is 5.02 Å². The number of nitro groups is 1. The molecule has 0 amide bonds. The van der Waals surface area contributed by atoms with Gasteiger partial charge in [0.05, 0.1) is 4.92 Å². The summed E-state index contributed by atoms with van der Waals surface area (Å²) < 4.78 is 0. The molecule has 0 aliphatic rings. The zero-order valence-electron chi connectivity index (χ0n) is 9.87. The summed E-state index contributed by atoms with van der Waals surface area (Å²) in [6.07, 6.45) is 3.03. The van der Waals surface area contributed by atoms with Crippen LogP contribution in [0, 0.1) is 17.0 Å². The van der Waals surface area contributed by atoms with Crippen LogP contribution in [0.4, 0.5) is 5.69 Å². The molecular formula is C12H15BrClNO2. The topological polar surface area (TPSA) is 43.1 Å². The summed E-state index contributed by atoms with van der Waals surface area (Å²) in [6.45, 7) is 4.01. The number of rotatable bonds is 5. The summed E-state index contributed by atoms with van der Waals surface area (Å²) in [4.78, 5) is 10.7. The second kappa shape index (κ2) is 6.36. The third-order valence-electron chi connectivity index (χ3n) is 2.65. The van der Waals surface area contributed by atoms with Gasteiger partial charge in [0.2, 0.25) is 0 Å². The van der Waals surface area contributed by atoms with Crippen LogP contribution in [0.3, 0.4) is 0 Å². The molecule has 0 heterocycles. The maximum atomic E-state index is 10.7. The molecule has 17 heavy (non-hydrogen) atoms. The van der Waals surface area contributed by atoms with Crippen molar-refractivity contribution < 1.29 is 4.92 Å². The first-order valence-electron chi connectivity index (χ1n) is 5.53. The molecule has 0 bridgehead atoms. The average Bonchev–Trinajstić information content (AvgIpc) is 2.22. The Labute approximate surface area is 114 Å². The third kappa shape index (κ3) is 3.96. The van der Waals surface area contributed by atoms with Crippen molar-refractivity contribution in [3.63, 3.8) is 0 Å². The zero-order chi connectivity index (χ0) is 13.0. The lowest BCUT2D eigenvalue weighted by atomic mass is 10.0. The van der Waals surface area contributed by atoms with Gasteiger partial charge in [-0.05, 0) is 37.0 Å². The van der Waals surface area contributed by atoms with Crippen LogP contribution in [0.1, 0.15) is 30.9 Å². The van der Waals surface area contributed by atoms with Crippen molar-refractivity contribution in [3.05, 3.63) is 38.4 Å². The maximum Gasteiger partial charge on any atom is 0.288 e. The highest BCUT2D eigenvalue weighted by Gasteiger charge is 2.16. The summed E-state index contributed by atoms with van der Waals surface area (Å²) in [5, 5.41) is 10.9. The molecule has 0 fully saturated rings. The summed E-state index contributed by atoms with van der Waals surface area (Å²) in [7, 11) is 0. The van der Waals surface area contributed by atoms with Crippen molar-refractivity contribution in [2.75, 3.05) is 0 Å². The van der Waals surface area contributed by atoms with E-state index in [-0.39, 0.29) is 10.7 Å². The highest BCUT2D eigenvalue weighted by molar-refractivity contribution is 9.09. The molecule has 5 heteroatoms. The molecule has 0 aliphatic heterocycles. The predicted molar refractivity (Wildman–Crippen MR) is 74.2 cm³/mol. The van der Waals surface area contributed by atoms with Gasteiger partial charge in [-0.2, -0.15) is 0 Å². The fraction of sp³-hybridized carbons (Fsp3) is 0.500. The highest BCUT2D eigenvalue weighted by Crippen LogP contribution is 2.29. The summed E-state index contributed by atoms with van der Waals surface area (Å²) in [6, 6.07) is 3.25. The quantitative estimate of drug-likeness (QED) is 0.450. The van der Waals surface area contributed by atoms with Gasteiger partial charge < -0.3 is 0 Å². The van der Waals surface area contributed by atoms with Gasteiger partial charge in [0, 0.05) is 10.9 Å². The van der Waals surface area contributed by atoms with Crippen molar-refractivity contribution in [1.82, 2.24) is 0 Å². The first-order valence-corrected chi connectivity index (χ1v) is 6.82. The minimum Gasteiger partial charge on any atom is -0.258 e. The van der Waals surface area contributed by atoms with Gasteiger partial charge in [-0.25, -0.2) is 0 Å². The van der Waals surface area contributed by atoms with Crippen LogP contribution in [0.25, 0.3) is 0 Å². The van der Waals surface area contributed by atoms with Gasteiger partial charge in [-0.1, -0.05) is 40.9 Å². The van der Waals surface area contributed by atoms with Gasteiger partial charge in [0.15, 0.2) is 0 Å². The largest absolute Gasteiger partial charge is 0.288 e. The molecule has 1 atom stereocenters. The van der Waals surface area contributed by atoms with Crippen LogP contribution in [0.15, 0.2) is 12.1 Å². The van der Waals surface area contributed by atoms with E-state index in [1.165, 1.54) is 0 Å². The molecule has 0 aromatic heterocycles. The standard InChI is InChI=1S/C12H15BrClNO2/c1-3-4-10(13)6-9-7-11(14)12(15(16)17)5-8(9)2/h5,7,10H,3-4,6H2,1-2H3. The second-order valence-corrected chi connectivity index (χ2v) is 5.78. The fourth-order valence-corrected chi connectivity index (χ4v) is 2.78. The molecule has 1 rings (SSSR count). The summed E-state index contributed by atoms with van der Waals surface area (Å²) >= 11 is 9.50. The smallest absolute Gasteiger partial charge is 0.258 e. The van der Waals surface area contributed by atoms with Gasteiger partial charge in [0.1, 0.15) is 5.02 Å². The van der Waals surface area contributed by atoms with E-state index in [9.17, 15) is 10.1 Å². The van der Waals surface area contributed by atoms with E-state index in [0.717, 1.165) is 30.4 Å². The van der Waals surface area contributed by atoms with E-state index in [1.54, 1.807) is 12.1 Å². The number of benzene rings is 1. The zero-order valence-corrected chi connectivity index (χ0v) is 12.2. The number of hydrogen-bond acceptors (Lipinski definition) is 2. The molecule has 0 aliphatic carbocycles. The number of nitrogens with zero attached hydrogens (tertiary/aromatic N) is 1. The van der Waals surface area contributed by atoms with E-state index in [4.69, 9.17) is 11.6 Å². The van der Waals surface area contributed by atoms with Crippen LogP contribution in [0.5, 0.6) is 0 Å². The molecule has 94 valence electrons. The highest BCUT2D eigenvalue weighted by atomic mass is 79.9. The molecule has 0 saturated carbocycles. The van der Waals surface area contributed by atoms with E-state index < -0.39 is 4.92 Å². The van der Waals surface area contributed by atoms with Crippen molar-refractivity contribution in [2.45, 2.75) is 37.9 Å². The molecule has 1 aromatic carbocycles. The first kappa shape index (κ1) is 14.5. The molecule has 0 N–H and O–H groups in total. The van der Waals surface area contributed by atoms with Crippen LogP contribution >= 0.6 is 27.5 Å². The normalized spacial score (nSPS) is 12.5. The molecular weight excluding hydrogens is 305 g/mol. The number of nitro benzene ring substituents is 1. The average molecular weight is 321 g/mol. The third-order valence-corrected chi connectivity index (χ3v) is 3.73. The molecule has 0 radical (unpaired) electrons. The van der Waals surface area contributed by atoms with Crippen molar-refractivity contribution in [3.8, 4) is 0 Å². The minimum atomic E-state index is -0.448. The van der Waals surface area contributed by atoms with E-state index in [1.807, 2.05) is 6.92 Å². The minimum absolute atomic E-state index is 0.0190. The van der Waals surface area contributed by atoms with Crippen molar-refractivity contribution in [2.24, 2.45) is 0 Å². The Balaban J connectivity index is 2.95. The number of alkyl halides is 1. The van der Waals surface area contributed by atoms with E-state index in [0.29, 0.717) is 4.83 Å². The van der Waals surface area contributed by atoms with Crippen molar-refractivity contribution >= 4 is 33.2 Å². The molecule has 1 aromatic rings. The molecule has 3 nitrogen and oxygen atoms in total. The van der Waals surface area contributed by atoms with E-state index in [2.05, 4.69) is 22.9 Å². The van der Waals surface area contributed by atoms with Gasteiger partial charge >= 0.3 is 0 Å². The van der Waals surface area contributed by atoms with Crippen LogP contribution in [-0.2, 0) is 6.42 Å². The number of hydrogen-bond donors (Lipinski definition) is 0. The van der Waals surface area contributed by atoms with Crippen molar-refractivity contribution in [1.29, 1.82) is 0 Å². The van der Waals surface area contributed by atoms with Crippen LogP contribution < -0.4 is 0 Å². The number of aryl methyl sites for hydroxylation is 1. The lowest BCUT2D eigenvalue weighted by molar-refractivity contribution is -0.384. The maximum absolute atomic E-state index is 10.7. The van der Waals surface area contributed by atoms with Gasteiger partial charge in [0.25, 0.3) is 5.69 Å². The predicted octanol–water partition coefficient (Wildman–Crippen LogP) is 4.66. The molecule has 0 saturated heterocycles. The van der Waals surface area contributed by atoms with E-state index >= 15 is 0 Å². The second-order valence-electron chi connectivity index (χ2n) is 4.08. The summed E-state index contributed by atoms with van der Waals surface area (Å²) in [5.41, 5.74) is 1.96. The van der Waals surface area contributed by atoms with Gasteiger partial charge in [-0.3, -0.25) is 10.1 Å². The van der Waals surface area contributed by atoms with Crippen LogP contribution in [-0.4, -0.2) is 9.75 Å². The first-order chi connectivity index (χ1) is 7.95. The Morgan fingerprint density at radius 2 is 2.18 bits per heavy atom. The molecule has 0 spiro atoms. The monoisotopic (exact) mass is 319 g/mol. The SMILES string of the molecule is CCCC(Br)Cc1cc(Cl)c([N+](=O)[O-])cc1C. The van der Waals surface area contributed by atoms with Gasteiger partial charge in [-0.15, -0.1) is 0 Å². The fourth-order valence-electron chi connectivity index (χ4n) is 1.72. The Hall–Kier alpha value is -0.610.